The van der Waals surface area contributed by atoms with Crippen LogP contribution in [0.4, 0.5) is 0 Å². The van der Waals surface area contributed by atoms with Crippen molar-refractivity contribution < 1.29 is 4.79 Å². The van der Waals surface area contributed by atoms with E-state index in [1.54, 1.807) is 4.57 Å². The first kappa shape index (κ1) is 19.0. The van der Waals surface area contributed by atoms with E-state index in [9.17, 15) is 9.59 Å². The van der Waals surface area contributed by atoms with E-state index in [0.717, 1.165) is 12.0 Å². The van der Waals surface area contributed by atoms with Crippen LogP contribution in [0.25, 0.3) is 0 Å². The molecule has 1 amide bonds. The lowest BCUT2D eigenvalue weighted by atomic mass is 10.1. The number of thioether (sulfide) groups is 1. The monoisotopic (exact) mass is 382 g/mol. The smallest absolute Gasteiger partial charge is 0.344 e. The number of carbonyl (C=O) groups is 1. The van der Waals surface area contributed by atoms with Gasteiger partial charge >= 0.3 is 5.69 Å². The van der Waals surface area contributed by atoms with Crippen LogP contribution in [0.3, 0.4) is 0 Å². The van der Waals surface area contributed by atoms with Gasteiger partial charge in [0.1, 0.15) is 0 Å². The molecule has 2 N–H and O–H groups in total. The molecule has 1 heterocycles. The summed E-state index contributed by atoms with van der Waals surface area (Å²) in [5.41, 5.74) is 3.18. The number of aryl methyl sites for hydroxylation is 1. The minimum absolute atomic E-state index is 0.0738. The van der Waals surface area contributed by atoms with E-state index in [1.165, 1.54) is 22.9 Å². The Kier molecular flexibility index (Phi) is 6.49. The first-order chi connectivity index (χ1) is 13.1. The number of hydrogen-bond donors (Lipinski definition) is 2. The van der Waals surface area contributed by atoms with Gasteiger partial charge in [-0.2, -0.15) is 0 Å². The Morgan fingerprint density at radius 2 is 1.89 bits per heavy atom. The number of hydrogen-bond acceptors (Lipinski definition) is 4. The molecule has 0 radical (unpaired) electrons. The highest BCUT2D eigenvalue weighted by atomic mass is 32.2. The molecule has 140 valence electrons. The van der Waals surface area contributed by atoms with Crippen LogP contribution in [-0.4, -0.2) is 33.0 Å². The summed E-state index contributed by atoms with van der Waals surface area (Å²) in [6, 6.07) is 17.8. The van der Waals surface area contributed by atoms with Crippen LogP contribution in [0.1, 0.15) is 16.7 Å². The number of benzene rings is 2. The topological polar surface area (TPSA) is 79.8 Å². The van der Waals surface area contributed by atoms with Crippen molar-refractivity contribution in [3.63, 3.8) is 0 Å². The first-order valence-electron chi connectivity index (χ1n) is 8.76. The SMILES string of the molecule is Cc1ccccc1CCNC(=O)CSc1n[nH]c(=O)n1Cc1ccccc1. The summed E-state index contributed by atoms with van der Waals surface area (Å²) in [5.74, 6) is 0.141. The normalized spacial score (nSPS) is 10.7. The number of rotatable bonds is 8. The highest BCUT2D eigenvalue weighted by Crippen LogP contribution is 2.14. The van der Waals surface area contributed by atoms with Crippen molar-refractivity contribution in [2.75, 3.05) is 12.3 Å². The lowest BCUT2D eigenvalue weighted by molar-refractivity contribution is -0.118. The molecule has 2 aromatic carbocycles. The van der Waals surface area contributed by atoms with Crippen LogP contribution >= 0.6 is 11.8 Å². The van der Waals surface area contributed by atoms with Gasteiger partial charge in [-0.25, -0.2) is 9.89 Å². The molecule has 0 fully saturated rings. The van der Waals surface area contributed by atoms with Gasteiger partial charge in [0.05, 0.1) is 12.3 Å². The summed E-state index contributed by atoms with van der Waals surface area (Å²) in [5, 5.41) is 9.92. The average molecular weight is 382 g/mol. The third-order valence-corrected chi connectivity index (χ3v) is 5.19. The molecule has 27 heavy (non-hydrogen) atoms. The number of aromatic nitrogens is 3. The van der Waals surface area contributed by atoms with Gasteiger partial charge in [0.25, 0.3) is 0 Å². The van der Waals surface area contributed by atoms with E-state index in [2.05, 4.69) is 34.6 Å². The molecular formula is C20H22N4O2S. The number of nitrogens with one attached hydrogen (secondary N) is 2. The number of aromatic amines is 1. The fourth-order valence-electron chi connectivity index (χ4n) is 2.73. The molecule has 1 aromatic heterocycles. The van der Waals surface area contributed by atoms with Crippen LogP contribution in [-0.2, 0) is 17.8 Å². The van der Waals surface area contributed by atoms with E-state index >= 15 is 0 Å². The Labute approximate surface area is 162 Å². The molecule has 0 aliphatic rings. The Morgan fingerprint density at radius 3 is 2.67 bits per heavy atom. The molecule has 0 spiro atoms. The van der Waals surface area contributed by atoms with Crippen molar-refractivity contribution in [3.05, 3.63) is 81.8 Å². The molecule has 7 heteroatoms. The van der Waals surface area contributed by atoms with E-state index in [-0.39, 0.29) is 17.3 Å². The van der Waals surface area contributed by atoms with Gasteiger partial charge in [-0.15, -0.1) is 5.10 Å². The molecule has 0 unspecified atom stereocenters. The highest BCUT2D eigenvalue weighted by Gasteiger charge is 2.12. The van der Waals surface area contributed by atoms with Crippen molar-refractivity contribution in [1.82, 2.24) is 20.1 Å². The second kappa shape index (κ2) is 9.23. The van der Waals surface area contributed by atoms with Crippen LogP contribution in [0.5, 0.6) is 0 Å². The zero-order valence-corrected chi connectivity index (χ0v) is 16.0. The lowest BCUT2D eigenvalue weighted by Gasteiger charge is -2.08. The molecule has 0 atom stereocenters. The van der Waals surface area contributed by atoms with Gasteiger partial charge in [-0.1, -0.05) is 66.4 Å². The van der Waals surface area contributed by atoms with Gasteiger partial charge in [0.2, 0.25) is 5.91 Å². The minimum atomic E-state index is -0.277. The van der Waals surface area contributed by atoms with Crippen molar-refractivity contribution >= 4 is 17.7 Å². The molecule has 3 aromatic rings. The standard InChI is InChI=1S/C20H22N4O2S/c1-15-7-5-6-10-17(15)11-12-21-18(25)14-27-20-23-22-19(26)24(20)13-16-8-3-2-4-9-16/h2-10H,11-14H2,1H3,(H,21,25)(H,22,26). The Bertz CT molecular complexity index is 950. The zero-order valence-electron chi connectivity index (χ0n) is 15.1. The third-order valence-electron chi connectivity index (χ3n) is 4.22. The van der Waals surface area contributed by atoms with E-state index < -0.39 is 0 Å². The van der Waals surface area contributed by atoms with Crippen molar-refractivity contribution in [2.45, 2.75) is 25.0 Å². The first-order valence-corrected chi connectivity index (χ1v) is 9.75. The second-order valence-electron chi connectivity index (χ2n) is 6.20. The van der Waals surface area contributed by atoms with Crippen LogP contribution < -0.4 is 11.0 Å². The maximum absolute atomic E-state index is 12.1. The summed E-state index contributed by atoms with van der Waals surface area (Å²) in [7, 11) is 0. The van der Waals surface area contributed by atoms with Gasteiger partial charge < -0.3 is 5.32 Å². The fraction of sp³-hybridized carbons (Fsp3) is 0.250. The zero-order chi connectivity index (χ0) is 19.1. The molecule has 0 aliphatic carbocycles. The fourth-order valence-corrected chi connectivity index (χ4v) is 3.50. The lowest BCUT2D eigenvalue weighted by Crippen LogP contribution is -2.27. The highest BCUT2D eigenvalue weighted by molar-refractivity contribution is 7.99. The number of amides is 1. The van der Waals surface area contributed by atoms with Crippen LogP contribution in [0.15, 0.2) is 64.5 Å². The number of carbonyl (C=O) groups excluding carboxylic acids is 1. The molecule has 0 saturated carbocycles. The quantitative estimate of drug-likeness (QED) is 0.586. The van der Waals surface area contributed by atoms with E-state index in [4.69, 9.17) is 0 Å². The minimum Gasteiger partial charge on any atom is -0.355 e. The summed E-state index contributed by atoms with van der Waals surface area (Å²) >= 11 is 1.25. The molecule has 6 nitrogen and oxygen atoms in total. The van der Waals surface area contributed by atoms with Crippen molar-refractivity contribution in [2.24, 2.45) is 0 Å². The Balaban J connectivity index is 1.50. The second-order valence-corrected chi connectivity index (χ2v) is 7.14. The summed E-state index contributed by atoms with van der Waals surface area (Å²) < 4.78 is 1.54. The average Bonchev–Trinajstić information content (AvgIpc) is 3.02. The predicted octanol–water partition coefficient (Wildman–Crippen LogP) is 2.38. The van der Waals surface area contributed by atoms with Gasteiger partial charge in [0.15, 0.2) is 5.16 Å². The predicted molar refractivity (Wildman–Crippen MR) is 107 cm³/mol. The van der Waals surface area contributed by atoms with Gasteiger partial charge in [-0.3, -0.25) is 9.36 Å². The Morgan fingerprint density at radius 1 is 1.15 bits per heavy atom. The molecule has 0 bridgehead atoms. The summed E-state index contributed by atoms with van der Waals surface area (Å²) in [6.07, 6.45) is 0.796. The molecular weight excluding hydrogens is 360 g/mol. The van der Waals surface area contributed by atoms with Crippen LogP contribution in [0.2, 0.25) is 0 Å². The Hall–Kier alpha value is -2.80. The maximum atomic E-state index is 12.1. The number of H-pyrrole nitrogens is 1. The van der Waals surface area contributed by atoms with E-state index in [1.807, 2.05) is 42.5 Å². The largest absolute Gasteiger partial charge is 0.355 e. The molecule has 0 aliphatic heterocycles. The van der Waals surface area contributed by atoms with Crippen molar-refractivity contribution in [3.8, 4) is 0 Å². The van der Waals surface area contributed by atoms with Crippen molar-refractivity contribution in [1.29, 1.82) is 0 Å². The molecule has 3 rings (SSSR count). The summed E-state index contributed by atoms with van der Waals surface area (Å²) in [6.45, 7) is 3.08. The third kappa shape index (κ3) is 5.34. The van der Waals surface area contributed by atoms with Crippen LogP contribution in [0, 0.1) is 6.92 Å². The molecule has 0 saturated heterocycles. The number of nitrogens with zero attached hydrogens (tertiary/aromatic N) is 2. The maximum Gasteiger partial charge on any atom is 0.344 e. The van der Waals surface area contributed by atoms with Gasteiger partial charge in [-0.05, 0) is 30.0 Å². The summed E-state index contributed by atoms with van der Waals surface area (Å²) in [4.78, 5) is 24.1. The van der Waals surface area contributed by atoms with Gasteiger partial charge in [0, 0.05) is 6.54 Å². The van der Waals surface area contributed by atoms with E-state index in [0.29, 0.717) is 18.2 Å².